The minimum absolute atomic E-state index is 0.00979. The minimum atomic E-state index is -6.07. The highest BCUT2D eigenvalue weighted by atomic mass is 32.2. The van der Waals surface area contributed by atoms with Gasteiger partial charge in [0.25, 0.3) is 5.60 Å². The molecule has 1 aliphatic carbocycles. The molecule has 1 saturated carbocycles. The molecule has 1 N–H and O–H groups in total. The highest BCUT2D eigenvalue weighted by Gasteiger charge is 2.71. The first-order valence-electron chi connectivity index (χ1n) is 11.6. The predicted molar refractivity (Wildman–Crippen MR) is 121 cm³/mol. The van der Waals surface area contributed by atoms with Crippen LogP contribution in [0.25, 0.3) is 11.1 Å². The fourth-order valence-corrected chi connectivity index (χ4v) is 5.52. The van der Waals surface area contributed by atoms with E-state index in [2.05, 4.69) is 0 Å². The lowest BCUT2D eigenvalue weighted by atomic mass is 9.88. The van der Waals surface area contributed by atoms with Gasteiger partial charge in [-0.3, -0.25) is 4.90 Å². The molecule has 0 unspecified atom stereocenters. The van der Waals surface area contributed by atoms with Crippen LogP contribution in [0.4, 0.5) is 35.1 Å². The molecule has 1 saturated heterocycles. The van der Waals surface area contributed by atoms with Crippen molar-refractivity contribution in [3.8, 4) is 11.1 Å². The summed E-state index contributed by atoms with van der Waals surface area (Å²) in [5, 5.41) is 9.60. The number of nitrogens with zero attached hydrogens (tertiary/aromatic N) is 2. The van der Waals surface area contributed by atoms with Crippen LogP contribution in [0.5, 0.6) is 0 Å². The zero-order chi connectivity index (χ0) is 28.3. The molecule has 0 bridgehead atoms. The summed E-state index contributed by atoms with van der Waals surface area (Å²) in [5.74, 6) is -1.99. The smallest absolute Gasteiger partial charge is 0.369 e. The number of hydrogen-bond donors (Lipinski definition) is 1. The van der Waals surface area contributed by atoms with Crippen molar-refractivity contribution in [2.75, 3.05) is 32.4 Å². The zero-order valence-electron chi connectivity index (χ0n) is 20.0. The van der Waals surface area contributed by atoms with E-state index in [1.807, 2.05) is 0 Å². The first-order valence-corrected chi connectivity index (χ1v) is 13.4. The average Bonchev–Trinajstić information content (AvgIpc) is 3.64. The van der Waals surface area contributed by atoms with E-state index in [9.17, 15) is 39.9 Å². The lowest BCUT2D eigenvalue weighted by Crippen LogP contribution is -2.53. The van der Waals surface area contributed by atoms with Crippen molar-refractivity contribution in [3.05, 3.63) is 58.7 Å². The lowest BCUT2D eigenvalue weighted by Gasteiger charge is -2.33. The highest BCUT2D eigenvalue weighted by Crippen LogP contribution is 2.51. The predicted octanol–water partition coefficient (Wildman–Crippen LogP) is 4.90. The second kappa shape index (κ2) is 9.72. The fourth-order valence-electron chi connectivity index (χ4n) is 4.69. The molecular formula is C24H24F8N2O3S. The molecule has 210 valence electrons. The van der Waals surface area contributed by atoms with E-state index in [1.165, 1.54) is 4.31 Å². The van der Waals surface area contributed by atoms with Crippen LogP contribution in [0.3, 0.4) is 0 Å². The summed E-state index contributed by atoms with van der Waals surface area (Å²) in [6.07, 6.45) is -10.0. The number of halogens is 8. The molecule has 1 heterocycles. The van der Waals surface area contributed by atoms with Crippen LogP contribution in [0.2, 0.25) is 0 Å². The SMILES string of the molecule is CS(=O)(=O)N1CCN(Cc2cc(F)c(-c3ccc(C(O)(C(F)(F)F)C(F)(F)F)cc3)c(C3CC3)c2F)CC1. The van der Waals surface area contributed by atoms with E-state index in [0.29, 0.717) is 25.0 Å². The van der Waals surface area contributed by atoms with Crippen molar-refractivity contribution in [1.29, 1.82) is 0 Å². The molecule has 0 amide bonds. The van der Waals surface area contributed by atoms with Crippen molar-refractivity contribution in [2.24, 2.45) is 0 Å². The van der Waals surface area contributed by atoms with Crippen LogP contribution in [-0.2, 0) is 22.2 Å². The van der Waals surface area contributed by atoms with E-state index in [1.54, 1.807) is 4.90 Å². The van der Waals surface area contributed by atoms with Crippen LogP contribution in [0.1, 0.15) is 35.4 Å². The van der Waals surface area contributed by atoms with Gasteiger partial charge in [0.1, 0.15) is 11.6 Å². The summed E-state index contributed by atoms with van der Waals surface area (Å²) < 4.78 is 135. The third-order valence-corrected chi connectivity index (χ3v) is 8.22. The number of aliphatic hydroxyl groups is 1. The molecule has 0 radical (unpaired) electrons. The Hall–Kier alpha value is -2.29. The van der Waals surface area contributed by atoms with E-state index in [-0.39, 0.29) is 60.9 Å². The Bertz CT molecular complexity index is 1280. The molecule has 5 nitrogen and oxygen atoms in total. The third-order valence-electron chi connectivity index (χ3n) is 6.92. The summed E-state index contributed by atoms with van der Waals surface area (Å²) in [4.78, 5) is 1.76. The summed E-state index contributed by atoms with van der Waals surface area (Å²) >= 11 is 0. The van der Waals surface area contributed by atoms with Crippen LogP contribution in [0.15, 0.2) is 30.3 Å². The van der Waals surface area contributed by atoms with Gasteiger partial charge < -0.3 is 5.11 Å². The van der Waals surface area contributed by atoms with Gasteiger partial charge in [0.2, 0.25) is 10.0 Å². The van der Waals surface area contributed by atoms with Crippen molar-refractivity contribution < 1.29 is 48.6 Å². The maximum absolute atomic E-state index is 15.7. The van der Waals surface area contributed by atoms with Crippen molar-refractivity contribution in [3.63, 3.8) is 0 Å². The van der Waals surface area contributed by atoms with Gasteiger partial charge in [-0.25, -0.2) is 17.2 Å². The normalized spacial score (nSPS) is 18.7. The zero-order valence-corrected chi connectivity index (χ0v) is 20.8. The number of rotatable bonds is 6. The molecule has 0 atom stereocenters. The van der Waals surface area contributed by atoms with Gasteiger partial charge in [0, 0.05) is 55.0 Å². The van der Waals surface area contributed by atoms with Gasteiger partial charge >= 0.3 is 12.4 Å². The summed E-state index contributed by atoms with van der Waals surface area (Å²) in [5.41, 5.74) is -7.02. The molecule has 4 rings (SSSR count). The van der Waals surface area contributed by atoms with Gasteiger partial charge in [0.05, 0.1) is 6.26 Å². The number of sulfonamides is 1. The van der Waals surface area contributed by atoms with E-state index in [0.717, 1.165) is 24.5 Å². The quantitative estimate of drug-likeness (QED) is 0.501. The maximum Gasteiger partial charge on any atom is 0.430 e. The highest BCUT2D eigenvalue weighted by molar-refractivity contribution is 7.88. The second-order valence-corrected chi connectivity index (χ2v) is 11.6. The Labute approximate surface area is 213 Å². The summed E-state index contributed by atoms with van der Waals surface area (Å²) in [7, 11) is -3.38. The van der Waals surface area contributed by atoms with Crippen LogP contribution < -0.4 is 0 Å². The number of alkyl halides is 6. The van der Waals surface area contributed by atoms with Crippen molar-refractivity contribution in [1.82, 2.24) is 9.21 Å². The first-order chi connectivity index (χ1) is 17.4. The Morgan fingerprint density at radius 2 is 1.45 bits per heavy atom. The van der Waals surface area contributed by atoms with Gasteiger partial charge in [-0.2, -0.15) is 30.6 Å². The van der Waals surface area contributed by atoms with Crippen molar-refractivity contribution >= 4 is 10.0 Å². The average molecular weight is 573 g/mol. The Balaban J connectivity index is 1.66. The van der Waals surface area contributed by atoms with Crippen LogP contribution >= 0.6 is 0 Å². The Morgan fingerprint density at radius 1 is 0.921 bits per heavy atom. The molecule has 14 heteroatoms. The standard InChI is InChI=1S/C24H24F8N2O3S/c1-38(36,37)34-10-8-33(9-11-34)13-16-12-18(25)19(20(21(16)26)15-2-3-15)14-4-6-17(7-5-14)22(35,23(27,28)29)24(30,31)32/h4-7,12,15,35H,2-3,8-11,13H2,1H3. The number of benzene rings is 2. The topological polar surface area (TPSA) is 60.9 Å². The Morgan fingerprint density at radius 3 is 1.89 bits per heavy atom. The van der Waals surface area contributed by atoms with Gasteiger partial charge in [-0.05, 0) is 30.4 Å². The largest absolute Gasteiger partial charge is 0.430 e. The van der Waals surface area contributed by atoms with Gasteiger partial charge in [-0.1, -0.05) is 24.3 Å². The molecule has 2 aromatic carbocycles. The molecule has 38 heavy (non-hydrogen) atoms. The van der Waals surface area contributed by atoms with Crippen LogP contribution in [0, 0.1) is 11.6 Å². The maximum atomic E-state index is 15.7. The van der Waals surface area contributed by atoms with E-state index >= 15 is 8.78 Å². The molecule has 0 aromatic heterocycles. The minimum Gasteiger partial charge on any atom is -0.369 e. The Kier molecular flexibility index (Phi) is 7.34. The van der Waals surface area contributed by atoms with Gasteiger partial charge in [-0.15, -0.1) is 0 Å². The third kappa shape index (κ3) is 5.27. The summed E-state index contributed by atoms with van der Waals surface area (Å²) in [6.45, 7) is 0.939. The molecule has 0 spiro atoms. The molecule has 1 aliphatic heterocycles. The first kappa shape index (κ1) is 28.7. The fraction of sp³-hybridized carbons (Fsp3) is 0.500. The second-order valence-electron chi connectivity index (χ2n) is 9.62. The van der Waals surface area contributed by atoms with E-state index < -0.39 is 45.2 Å². The monoisotopic (exact) mass is 572 g/mol. The lowest BCUT2D eigenvalue weighted by molar-refractivity contribution is -0.376. The van der Waals surface area contributed by atoms with E-state index in [4.69, 9.17) is 0 Å². The number of hydrogen-bond acceptors (Lipinski definition) is 4. The van der Waals surface area contributed by atoms with Crippen LogP contribution in [-0.4, -0.2) is 67.5 Å². The molecule has 2 aromatic rings. The molecule has 2 fully saturated rings. The molecular weight excluding hydrogens is 548 g/mol. The van der Waals surface area contributed by atoms with Gasteiger partial charge in [0.15, 0.2) is 0 Å². The number of piperazine rings is 1. The van der Waals surface area contributed by atoms with Crippen molar-refractivity contribution in [2.45, 2.75) is 43.3 Å². The summed E-state index contributed by atoms with van der Waals surface area (Å²) in [6, 6.07) is 3.34. The molecule has 2 aliphatic rings.